The van der Waals surface area contributed by atoms with E-state index in [0.717, 1.165) is 50.1 Å². The molecule has 5 rings (SSSR count). The van der Waals surface area contributed by atoms with E-state index in [4.69, 9.17) is 9.47 Å². The van der Waals surface area contributed by atoms with Crippen LogP contribution < -0.4 is 14.5 Å². The van der Waals surface area contributed by atoms with Crippen LogP contribution in [-0.4, -0.2) is 60.4 Å². The molecule has 2 saturated heterocycles. The fourth-order valence-corrected chi connectivity index (χ4v) is 3.85. The zero-order valence-corrected chi connectivity index (χ0v) is 15.7. The minimum atomic E-state index is 0.0747. The van der Waals surface area contributed by atoms with E-state index in [0.29, 0.717) is 12.5 Å². The van der Waals surface area contributed by atoms with Gasteiger partial charge >= 0.3 is 0 Å². The average Bonchev–Trinajstić information content (AvgIpc) is 3.28. The Morgan fingerprint density at radius 3 is 2.46 bits per heavy atom. The van der Waals surface area contributed by atoms with Gasteiger partial charge in [-0.05, 0) is 30.3 Å². The predicted molar refractivity (Wildman–Crippen MR) is 108 cm³/mol. The lowest BCUT2D eigenvalue weighted by Crippen LogP contribution is -2.46. The summed E-state index contributed by atoms with van der Waals surface area (Å²) in [6, 6.07) is 10.5. The summed E-state index contributed by atoms with van der Waals surface area (Å²) >= 11 is 0. The molecule has 0 bridgehead atoms. The standard InChI is InChI=1S/C21H23N5O2/c1-2-20-19(21(24-15-23-20)28-18-5-12-27-14-18)13-17(1)26-10-8-25(9-11-26)16-3-6-22-7-4-16/h1-4,6-7,13,15,18H,5,8-12,14H2. The highest BCUT2D eigenvalue weighted by Crippen LogP contribution is 2.29. The Balaban J connectivity index is 1.35. The molecule has 3 aromatic rings. The van der Waals surface area contributed by atoms with Gasteiger partial charge in [0.1, 0.15) is 12.4 Å². The second-order valence-electron chi connectivity index (χ2n) is 7.16. The van der Waals surface area contributed by atoms with Gasteiger partial charge in [0.05, 0.1) is 24.1 Å². The number of hydrogen-bond donors (Lipinski definition) is 0. The average molecular weight is 377 g/mol. The molecule has 2 aliphatic heterocycles. The topological polar surface area (TPSA) is 63.6 Å². The van der Waals surface area contributed by atoms with Crippen LogP contribution in [0.5, 0.6) is 5.88 Å². The number of nitrogens with zero attached hydrogens (tertiary/aromatic N) is 5. The fourth-order valence-electron chi connectivity index (χ4n) is 3.85. The van der Waals surface area contributed by atoms with Crippen molar-refractivity contribution in [1.29, 1.82) is 0 Å². The van der Waals surface area contributed by atoms with Crippen molar-refractivity contribution in [2.24, 2.45) is 0 Å². The van der Waals surface area contributed by atoms with Gasteiger partial charge in [-0.15, -0.1) is 0 Å². The largest absolute Gasteiger partial charge is 0.471 e. The van der Waals surface area contributed by atoms with Gasteiger partial charge in [0, 0.05) is 56.4 Å². The van der Waals surface area contributed by atoms with E-state index in [2.05, 4.69) is 55.1 Å². The molecule has 0 aliphatic carbocycles. The van der Waals surface area contributed by atoms with Gasteiger partial charge in [-0.25, -0.2) is 9.97 Å². The molecule has 28 heavy (non-hydrogen) atoms. The first-order valence-corrected chi connectivity index (χ1v) is 9.76. The van der Waals surface area contributed by atoms with Crippen LogP contribution in [0.2, 0.25) is 0 Å². The van der Waals surface area contributed by atoms with E-state index in [1.165, 1.54) is 11.4 Å². The van der Waals surface area contributed by atoms with Gasteiger partial charge in [0.2, 0.25) is 5.88 Å². The molecule has 2 fully saturated rings. The molecule has 144 valence electrons. The normalized spacial score (nSPS) is 19.9. The summed E-state index contributed by atoms with van der Waals surface area (Å²) in [7, 11) is 0. The molecular formula is C21H23N5O2. The number of ether oxygens (including phenoxy) is 2. The Morgan fingerprint density at radius 1 is 0.929 bits per heavy atom. The van der Waals surface area contributed by atoms with Crippen molar-refractivity contribution in [3.05, 3.63) is 49.1 Å². The van der Waals surface area contributed by atoms with Crippen molar-refractivity contribution >= 4 is 22.3 Å². The van der Waals surface area contributed by atoms with Gasteiger partial charge < -0.3 is 19.3 Å². The number of benzene rings is 1. The van der Waals surface area contributed by atoms with E-state index in [9.17, 15) is 0 Å². The second-order valence-corrected chi connectivity index (χ2v) is 7.16. The molecule has 0 spiro atoms. The molecule has 1 atom stereocenters. The first kappa shape index (κ1) is 17.2. The fraction of sp³-hybridized carbons (Fsp3) is 0.381. The quantitative estimate of drug-likeness (QED) is 0.692. The zero-order valence-electron chi connectivity index (χ0n) is 15.7. The summed E-state index contributed by atoms with van der Waals surface area (Å²) in [4.78, 5) is 17.7. The van der Waals surface area contributed by atoms with E-state index >= 15 is 0 Å². The van der Waals surface area contributed by atoms with Crippen molar-refractivity contribution < 1.29 is 9.47 Å². The van der Waals surface area contributed by atoms with Crippen LogP contribution in [0.25, 0.3) is 10.9 Å². The summed E-state index contributed by atoms with van der Waals surface area (Å²) < 4.78 is 11.5. The Hall–Kier alpha value is -2.93. The lowest BCUT2D eigenvalue weighted by atomic mass is 10.1. The highest BCUT2D eigenvalue weighted by Gasteiger charge is 2.21. The maximum Gasteiger partial charge on any atom is 0.224 e. The monoisotopic (exact) mass is 377 g/mol. The van der Waals surface area contributed by atoms with Crippen LogP contribution in [-0.2, 0) is 4.74 Å². The number of pyridine rings is 1. The third-order valence-electron chi connectivity index (χ3n) is 5.42. The first-order chi connectivity index (χ1) is 13.9. The summed E-state index contributed by atoms with van der Waals surface area (Å²) in [6.07, 6.45) is 6.25. The van der Waals surface area contributed by atoms with E-state index < -0.39 is 0 Å². The van der Waals surface area contributed by atoms with Crippen LogP contribution in [0.3, 0.4) is 0 Å². The predicted octanol–water partition coefficient (Wildman–Crippen LogP) is 2.52. The molecule has 1 aromatic carbocycles. The number of hydrogen-bond acceptors (Lipinski definition) is 7. The van der Waals surface area contributed by atoms with Crippen LogP contribution in [0.4, 0.5) is 11.4 Å². The number of rotatable bonds is 4. The van der Waals surface area contributed by atoms with E-state index in [-0.39, 0.29) is 6.10 Å². The SMILES string of the molecule is c1cc(N2CCN(c3ccc4ncnc(OC5CCOC5)c4c3)CC2)ccn1. The van der Waals surface area contributed by atoms with Crippen LogP contribution >= 0.6 is 0 Å². The van der Waals surface area contributed by atoms with E-state index in [1.54, 1.807) is 6.33 Å². The first-order valence-electron chi connectivity index (χ1n) is 9.76. The Morgan fingerprint density at radius 2 is 1.71 bits per heavy atom. The minimum absolute atomic E-state index is 0.0747. The molecule has 1 unspecified atom stereocenters. The second kappa shape index (κ2) is 7.59. The van der Waals surface area contributed by atoms with Gasteiger partial charge in [-0.2, -0.15) is 0 Å². The van der Waals surface area contributed by atoms with Crippen LogP contribution in [0.1, 0.15) is 6.42 Å². The number of fused-ring (bicyclic) bond motifs is 1. The van der Waals surface area contributed by atoms with Crippen molar-refractivity contribution in [1.82, 2.24) is 15.0 Å². The summed E-state index contributed by atoms with van der Waals surface area (Å²) in [5.74, 6) is 0.651. The van der Waals surface area contributed by atoms with Gasteiger partial charge in [0.15, 0.2) is 0 Å². The zero-order chi connectivity index (χ0) is 18.8. The molecule has 4 heterocycles. The highest BCUT2D eigenvalue weighted by molar-refractivity contribution is 5.86. The Bertz CT molecular complexity index is 938. The molecule has 2 aliphatic rings. The van der Waals surface area contributed by atoms with Gasteiger partial charge in [-0.3, -0.25) is 4.98 Å². The summed E-state index contributed by atoms with van der Waals surface area (Å²) in [6.45, 7) is 5.28. The lowest BCUT2D eigenvalue weighted by molar-refractivity contribution is 0.139. The smallest absolute Gasteiger partial charge is 0.224 e. The molecule has 0 amide bonds. The van der Waals surface area contributed by atoms with Gasteiger partial charge in [0.25, 0.3) is 0 Å². The van der Waals surface area contributed by atoms with Gasteiger partial charge in [-0.1, -0.05) is 0 Å². The summed E-state index contributed by atoms with van der Waals surface area (Å²) in [5.41, 5.74) is 3.32. The Labute approximate surface area is 163 Å². The lowest BCUT2D eigenvalue weighted by Gasteiger charge is -2.37. The number of anilines is 2. The highest BCUT2D eigenvalue weighted by atomic mass is 16.5. The number of aromatic nitrogens is 3. The molecular weight excluding hydrogens is 354 g/mol. The third kappa shape index (κ3) is 3.45. The molecule has 0 radical (unpaired) electrons. The van der Waals surface area contributed by atoms with Crippen molar-refractivity contribution in [3.8, 4) is 5.88 Å². The maximum atomic E-state index is 6.10. The van der Waals surface area contributed by atoms with Crippen LogP contribution in [0, 0.1) is 0 Å². The van der Waals surface area contributed by atoms with Crippen LogP contribution in [0.15, 0.2) is 49.1 Å². The molecule has 7 nitrogen and oxygen atoms in total. The van der Waals surface area contributed by atoms with Crippen molar-refractivity contribution in [3.63, 3.8) is 0 Å². The molecule has 2 aromatic heterocycles. The van der Waals surface area contributed by atoms with Crippen molar-refractivity contribution in [2.45, 2.75) is 12.5 Å². The molecule has 0 N–H and O–H groups in total. The Kier molecular flexibility index (Phi) is 4.66. The van der Waals surface area contributed by atoms with Crippen molar-refractivity contribution in [2.75, 3.05) is 49.2 Å². The maximum absolute atomic E-state index is 6.10. The minimum Gasteiger partial charge on any atom is -0.471 e. The number of piperazine rings is 1. The summed E-state index contributed by atoms with van der Waals surface area (Å²) in [5, 5.41) is 0.962. The molecule has 0 saturated carbocycles. The third-order valence-corrected chi connectivity index (χ3v) is 5.42. The van der Waals surface area contributed by atoms with E-state index in [1.807, 2.05) is 12.4 Å². The molecule has 7 heteroatoms.